The first-order valence-electron chi connectivity index (χ1n) is 7.95. The van der Waals surface area contributed by atoms with Gasteiger partial charge in [0.1, 0.15) is 18.4 Å². The highest BCUT2D eigenvalue weighted by atomic mass is 32.2. The summed E-state index contributed by atoms with van der Waals surface area (Å²) in [6.45, 7) is 0. The molecule has 0 bridgehead atoms. The maximum atomic E-state index is 12.5. The molecule has 0 spiro atoms. The van der Waals surface area contributed by atoms with Crippen molar-refractivity contribution in [2.75, 3.05) is 0 Å². The number of ether oxygens (including phenoxy) is 1. The van der Waals surface area contributed by atoms with E-state index in [9.17, 15) is 21.6 Å². The first kappa shape index (κ1) is 18.6. The van der Waals surface area contributed by atoms with Crippen LogP contribution in [-0.2, 0) is 10.0 Å². The molecule has 142 valence electrons. The third-order valence-electron chi connectivity index (χ3n) is 4.19. The maximum absolute atomic E-state index is 12.5. The molecular formula is C15H17F3N4O3S. The molecule has 1 N–H and O–H groups in total. The van der Waals surface area contributed by atoms with E-state index in [1.807, 2.05) is 4.57 Å². The molecule has 11 heteroatoms. The standard InChI is InChI=1S/C15H17F3N4O3S/c16-15(17,18)25-13-4-6-14(7-5-13)26(23,24)21-11-2-1-3-12(8-11)22-9-19-20-10-22/h4-7,9-12,21H,1-3,8H2/t11-,12+/m0/s1. The lowest BCUT2D eigenvalue weighted by Crippen LogP contribution is -2.38. The summed E-state index contributed by atoms with van der Waals surface area (Å²) in [4.78, 5) is -0.113. The number of aromatic nitrogens is 3. The molecule has 0 saturated heterocycles. The number of sulfonamides is 1. The maximum Gasteiger partial charge on any atom is 0.573 e. The van der Waals surface area contributed by atoms with E-state index in [2.05, 4.69) is 19.7 Å². The van der Waals surface area contributed by atoms with Crippen molar-refractivity contribution in [1.29, 1.82) is 0 Å². The molecule has 1 aliphatic rings. The number of nitrogens with one attached hydrogen (secondary N) is 1. The number of benzene rings is 1. The highest BCUT2D eigenvalue weighted by Crippen LogP contribution is 2.29. The number of rotatable bonds is 5. The summed E-state index contributed by atoms with van der Waals surface area (Å²) in [5, 5.41) is 7.52. The molecule has 1 aromatic carbocycles. The summed E-state index contributed by atoms with van der Waals surface area (Å²) in [6.07, 6.45) is 1.40. The first-order chi connectivity index (χ1) is 12.2. The molecule has 1 heterocycles. The molecule has 7 nitrogen and oxygen atoms in total. The molecule has 2 aromatic rings. The van der Waals surface area contributed by atoms with Crippen LogP contribution in [0.15, 0.2) is 41.8 Å². The van der Waals surface area contributed by atoms with E-state index in [0.717, 1.165) is 37.1 Å². The smallest absolute Gasteiger partial charge is 0.406 e. The largest absolute Gasteiger partial charge is 0.573 e. The Balaban J connectivity index is 1.66. The van der Waals surface area contributed by atoms with Gasteiger partial charge in [-0.15, -0.1) is 23.4 Å². The predicted molar refractivity (Wildman–Crippen MR) is 84.8 cm³/mol. The molecule has 2 atom stereocenters. The second-order valence-electron chi connectivity index (χ2n) is 6.07. The average Bonchev–Trinajstić information content (AvgIpc) is 3.08. The van der Waals surface area contributed by atoms with Gasteiger partial charge in [-0.3, -0.25) is 0 Å². The zero-order valence-electron chi connectivity index (χ0n) is 13.6. The Kier molecular flexibility index (Phi) is 5.19. The Hall–Kier alpha value is -2.14. The van der Waals surface area contributed by atoms with Crippen molar-refractivity contribution in [2.24, 2.45) is 0 Å². The van der Waals surface area contributed by atoms with Crippen LogP contribution in [0, 0.1) is 0 Å². The number of nitrogens with zero attached hydrogens (tertiary/aromatic N) is 3. The molecule has 1 saturated carbocycles. The zero-order valence-corrected chi connectivity index (χ0v) is 14.4. The van der Waals surface area contributed by atoms with Gasteiger partial charge in [-0.25, -0.2) is 13.1 Å². The lowest BCUT2D eigenvalue weighted by Gasteiger charge is -2.30. The predicted octanol–water partition coefficient (Wildman–Crippen LogP) is 2.64. The summed E-state index contributed by atoms with van der Waals surface area (Å²) in [6, 6.07) is 3.96. The molecule has 1 aromatic heterocycles. The van der Waals surface area contributed by atoms with Gasteiger partial charge in [-0.05, 0) is 49.9 Å². The average molecular weight is 390 g/mol. The highest BCUT2D eigenvalue weighted by Gasteiger charge is 2.31. The minimum absolute atomic E-state index is 0.106. The Morgan fingerprint density at radius 3 is 2.38 bits per heavy atom. The molecule has 0 unspecified atom stereocenters. The van der Waals surface area contributed by atoms with Crippen molar-refractivity contribution in [3.05, 3.63) is 36.9 Å². The van der Waals surface area contributed by atoms with Crippen molar-refractivity contribution in [3.8, 4) is 5.75 Å². The van der Waals surface area contributed by atoms with E-state index in [1.165, 1.54) is 0 Å². The highest BCUT2D eigenvalue weighted by molar-refractivity contribution is 7.89. The van der Waals surface area contributed by atoms with Gasteiger partial charge in [0.25, 0.3) is 0 Å². The van der Waals surface area contributed by atoms with Gasteiger partial charge in [-0.2, -0.15) is 0 Å². The topological polar surface area (TPSA) is 86.1 Å². The lowest BCUT2D eigenvalue weighted by molar-refractivity contribution is -0.274. The van der Waals surface area contributed by atoms with E-state index in [0.29, 0.717) is 12.8 Å². The molecule has 0 radical (unpaired) electrons. The fraction of sp³-hybridized carbons (Fsp3) is 0.467. The van der Waals surface area contributed by atoms with Gasteiger partial charge in [-0.1, -0.05) is 0 Å². The molecule has 0 amide bonds. The zero-order chi connectivity index (χ0) is 18.8. The van der Waals surface area contributed by atoms with Gasteiger partial charge >= 0.3 is 6.36 Å². The second-order valence-corrected chi connectivity index (χ2v) is 7.78. The molecule has 26 heavy (non-hydrogen) atoms. The molecule has 1 fully saturated rings. The van der Waals surface area contributed by atoms with E-state index >= 15 is 0 Å². The Morgan fingerprint density at radius 1 is 1.12 bits per heavy atom. The van der Waals surface area contributed by atoms with Crippen molar-refractivity contribution in [3.63, 3.8) is 0 Å². The lowest BCUT2D eigenvalue weighted by atomic mass is 9.91. The number of alkyl halides is 3. The minimum atomic E-state index is -4.82. The van der Waals surface area contributed by atoms with Gasteiger partial charge in [0.05, 0.1) is 4.90 Å². The summed E-state index contributed by atoms with van der Waals surface area (Å²) >= 11 is 0. The number of halogens is 3. The van der Waals surface area contributed by atoms with Crippen molar-refractivity contribution < 1.29 is 26.3 Å². The summed E-state index contributed by atoms with van der Waals surface area (Å²) in [7, 11) is -3.84. The fourth-order valence-electron chi connectivity index (χ4n) is 3.05. The van der Waals surface area contributed by atoms with Crippen LogP contribution in [0.5, 0.6) is 5.75 Å². The molecule has 1 aliphatic carbocycles. The SMILES string of the molecule is O=S(=O)(N[C@H]1CCC[C@@H](n2cnnc2)C1)c1ccc(OC(F)(F)F)cc1. The number of hydrogen-bond donors (Lipinski definition) is 1. The fourth-order valence-corrected chi connectivity index (χ4v) is 4.33. The third-order valence-corrected chi connectivity index (χ3v) is 5.73. The van der Waals surface area contributed by atoms with Gasteiger partial charge in [0.2, 0.25) is 10.0 Å². The second kappa shape index (κ2) is 7.23. The summed E-state index contributed by atoms with van der Waals surface area (Å²) in [5.74, 6) is -0.471. The van der Waals surface area contributed by atoms with Crippen molar-refractivity contribution in [2.45, 2.75) is 49.0 Å². The number of hydrogen-bond acceptors (Lipinski definition) is 5. The van der Waals surface area contributed by atoms with Crippen molar-refractivity contribution in [1.82, 2.24) is 19.5 Å². The van der Waals surface area contributed by atoms with Crippen molar-refractivity contribution >= 4 is 10.0 Å². The van der Waals surface area contributed by atoms with Crippen LogP contribution in [0.4, 0.5) is 13.2 Å². The third kappa shape index (κ3) is 4.73. The minimum Gasteiger partial charge on any atom is -0.406 e. The monoisotopic (exact) mass is 390 g/mol. The van der Waals surface area contributed by atoms with Gasteiger partial charge in [0.15, 0.2) is 0 Å². The van der Waals surface area contributed by atoms with Crippen LogP contribution >= 0.6 is 0 Å². The van der Waals surface area contributed by atoms with E-state index < -0.39 is 22.1 Å². The van der Waals surface area contributed by atoms with Crippen LogP contribution < -0.4 is 9.46 Å². The van der Waals surface area contributed by atoms with Gasteiger partial charge < -0.3 is 9.30 Å². The molecule has 3 rings (SSSR count). The Bertz CT molecular complexity index is 823. The quantitative estimate of drug-likeness (QED) is 0.848. The van der Waals surface area contributed by atoms with E-state index in [4.69, 9.17) is 0 Å². The summed E-state index contributed by atoms with van der Waals surface area (Å²) in [5.41, 5.74) is 0. The first-order valence-corrected chi connectivity index (χ1v) is 9.43. The van der Waals surface area contributed by atoms with Crippen LogP contribution in [0.1, 0.15) is 31.7 Å². The Labute approximate surface area is 148 Å². The van der Waals surface area contributed by atoms with Gasteiger partial charge in [0, 0.05) is 12.1 Å². The van der Waals surface area contributed by atoms with Crippen LogP contribution in [0.25, 0.3) is 0 Å². The van der Waals surface area contributed by atoms with Crippen LogP contribution in [0.3, 0.4) is 0 Å². The molecule has 0 aliphatic heterocycles. The van der Waals surface area contributed by atoms with Crippen LogP contribution in [0.2, 0.25) is 0 Å². The van der Waals surface area contributed by atoms with Crippen LogP contribution in [-0.4, -0.2) is 35.6 Å². The van der Waals surface area contributed by atoms with E-state index in [-0.39, 0.29) is 17.0 Å². The van der Waals surface area contributed by atoms with E-state index in [1.54, 1.807) is 12.7 Å². The Morgan fingerprint density at radius 2 is 1.77 bits per heavy atom. The summed E-state index contributed by atoms with van der Waals surface area (Å²) < 4.78 is 69.7. The normalized spacial score (nSPS) is 21.5. The molecular weight excluding hydrogens is 373 g/mol.